The zero-order valence-corrected chi connectivity index (χ0v) is 18.8. The third-order valence-electron chi connectivity index (χ3n) is 5.81. The molecule has 0 N–H and O–H groups in total. The van der Waals surface area contributed by atoms with Gasteiger partial charge in [-0.3, -0.25) is 0 Å². The van der Waals surface area contributed by atoms with E-state index < -0.39 is 16.1 Å². The molecule has 24 heavy (non-hydrogen) atoms. The Labute approximate surface area is 152 Å². The van der Waals surface area contributed by atoms with Crippen molar-refractivity contribution in [1.29, 1.82) is 0 Å². The van der Waals surface area contributed by atoms with Crippen LogP contribution in [0.5, 0.6) is 0 Å². The van der Waals surface area contributed by atoms with Crippen LogP contribution in [0.1, 0.15) is 19.8 Å². The molecule has 132 valence electrons. The van der Waals surface area contributed by atoms with Crippen molar-refractivity contribution in [3.63, 3.8) is 0 Å². The Hall–Kier alpha value is -0.866. The van der Waals surface area contributed by atoms with Crippen LogP contribution in [-0.4, -0.2) is 16.1 Å². The van der Waals surface area contributed by atoms with Gasteiger partial charge in [0.1, 0.15) is 0 Å². The van der Waals surface area contributed by atoms with E-state index in [1.165, 1.54) is 11.1 Å². The van der Waals surface area contributed by atoms with Crippen molar-refractivity contribution < 1.29 is 0 Å². The molecule has 0 aromatic carbocycles. The highest BCUT2D eigenvalue weighted by Gasteiger charge is 2.37. The highest BCUT2D eigenvalue weighted by molar-refractivity contribution is 6.79. The second-order valence-electron chi connectivity index (χ2n) is 9.91. The van der Waals surface area contributed by atoms with Crippen molar-refractivity contribution in [3.05, 3.63) is 60.3 Å². The molecule has 2 atom stereocenters. The molecule has 0 saturated heterocycles. The molecule has 2 rings (SSSR count). The number of rotatable bonds is 7. The summed E-state index contributed by atoms with van der Waals surface area (Å²) in [5.74, 6) is 0. The summed E-state index contributed by atoms with van der Waals surface area (Å²) >= 11 is 0. The Balaban J connectivity index is 2.37. The van der Waals surface area contributed by atoms with E-state index >= 15 is 0 Å². The van der Waals surface area contributed by atoms with Gasteiger partial charge < -0.3 is 0 Å². The second kappa shape index (κ2) is 6.80. The molecular weight excluding hydrogens is 320 g/mol. The fraction of sp³-hybridized carbons (Fsp3) is 0.545. The van der Waals surface area contributed by atoms with Crippen LogP contribution in [-0.2, 0) is 0 Å². The lowest BCUT2D eigenvalue weighted by molar-refractivity contribution is 0.463. The minimum atomic E-state index is -1.17. The van der Waals surface area contributed by atoms with Gasteiger partial charge in [-0.25, -0.2) is 0 Å². The van der Waals surface area contributed by atoms with Gasteiger partial charge in [-0.2, -0.15) is 0 Å². The van der Waals surface area contributed by atoms with Crippen molar-refractivity contribution in [2.75, 3.05) is 0 Å². The van der Waals surface area contributed by atoms with E-state index in [2.05, 4.69) is 95.3 Å². The molecular formula is C22H36Si2. The molecule has 2 aliphatic rings. The summed E-state index contributed by atoms with van der Waals surface area (Å²) in [5.41, 5.74) is 4.54. The Morgan fingerprint density at radius 1 is 0.917 bits per heavy atom. The summed E-state index contributed by atoms with van der Waals surface area (Å²) in [6, 6.07) is 0. The monoisotopic (exact) mass is 356 g/mol. The molecule has 0 nitrogen and oxygen atoms in total. The van der Waals surface area contributed by atoms with Gasteiger partial charge in [0.25, 0.3) is 0 Å². The maximum absolute atomic E-state index is 3.96. The first-order chi connectivity index (χ1) is 11.0. The van der Waals surface area contributed by atoms with Crippen LogP contribution in [0, 0.1) is 5.41 Å². The first-order valence-corrected chi connectivity index (χ1v) is 16.6. The van der Waals surface area contributed by atoms with E-state index in [-0.39, 0.29) is 5.41 Å². The average Bonchev–Trinajstić information content (AvgIpc) is 3.12. The standard InChI is InChI=1S/C22H36Si2/c1-9-10-15-22(2,18-11-13-20(16-18)23(3,4)5)19-12-14-21(17-19)24(6,7)8/h9,11-14,16-17,20-21H,1,10,15H2,2-8H3. The van der Waals surface area contributed by atoms with Gasteiger partial charge in [0.05, 0.1) is 16.1 Å². The lowest BCUT2D eigenvalue weighted by Crippen LogP contribution is -2.26. The molecule has 0 amide bonds. The third-order valence-corrected chi connectivity index (χ3v) is 10.5. The van der Waals surface area contributed by atoms with Gasteiger partial charge >= 0.3 is 0 Å². The molecule has 0 heterocycles. The fourth-order valence-corrected chi connectivity index (χ4v) is 6.39. The van der Waals surface area contributed by atoms with Crippen molar-refractivity contribution in [3.8, 4) is 0 Å². The predicted molar refractivity (Wildman–Crippen MR) is 116 cm³/mol. The van der Waals surface area contributed by atoms with Crippen LogP contribution in [0.2, 0.25) is 50.4 Å². The zero-order valence-electron chi connectivity index (χ0n) is 16.8. The molecule has 0 bridgehead atoms. The molecule has 0 aromatic heterocycles. The minimum absolute atomic E-state index is 0.129. The Morgan fingerprint density at radius 3 is 1.62 bits per heavy atom. The van der Waals surface area contributed by atoms with E-state index in [0.29, 0.717) is 11.1 Å². The van der Waals surface area contributed by atoms with Crippen LogP contribution < -0.4 is 0 Å². The van der Waals surface area contributed by atoms with Crippen LogP contribution in [0.25, 0.3) is 0 Å². The van der Waals surface area contributed by atoms with Gasteiger partial charge in [-0.15, -0.1) is 6.58 Å². The van der Waals surface area contributed by atoms with Gasteiger partial charge in [-0.1, -0.05) is 88.7 Å². The minimum Gasteiger partial charge on any atom is -0.103 e. The first-order valence-electron chi connectivity index (χ1n) is 9.40. The Kier molecular flexibility index (Phi) is 5.51. The molecule has 0 aliphatic heterocycles. The van der Waals surface area contributed by atoms with Crippen LogP contribution in [0.15, 0.2) is 60.3 Å². The summed E-state index contributed by atoms with van der Waals surface area (Å²) < 4.78 is 0. The molecule has 0 spiro atoms. The van der Waals surface area contributed by atoms with Crippen LogP contribution in [0.4, 0.5) is 0 Å². The number of hydrogen-bond donors (Lipinski definition) is 0. The van der Waals surface area contributed by atoms with Gasteiger partial charge in [-0.05, 0) is 35.1 Å². The predicted octanol–water partition coefficient (Wildman–Crippen LogP) is 7.37. The summed E-state index contributed by atoms with van der Waals surface area (Å²) in [5, 5.41) is 0. The number of allylic oxidation sites excluding steroid dienone is 9. The summed E-state index contributed by atoms with van der Waals surface area (Å²) in [7, 11) is -2.35. The normalized spacial score (nSPS) is 26.3. The van der Waals surface area contributed by atoms with E-state index in [1.807, 2.05) is 0 Å². The quantitative estimate of drug-likeness (QED) is 0.330. The molecule has 2 unspecified atom stereocenters. The number of hydrogen-bond acceptors (Lipinski definition) is 0. The molecule has 0 saturated carbocycles. The lowest BCUT2D eigenvalue weighted by Gasteiger charge is -2.32. The zero-order chi connectivity index (χ0) is 18.2. The van der Waals surface area contributed by atoms with E-state index in [9.17, 15) is 0 Å². The average molecular weight is 357 g/mol. The van der Waals surface area contributed by atoms with Gasteiger partial charge in [0.15, 0.2) is 0 Å². The maximum atomic E-state index is 3.96. The van der Waals surface area contributed by atoms with Crippen molar-refractivity contribution in [2.24, 2.45) is 5.41 Å². The summed E-state index contributed by atoms with van der Waals surface area (Å²) in [6.45, 7) is 21.2. The highest BCUT2D eigenvalue weighted by Crippen LogP contribution is 2.49. The molecule has 0 radical (unpaired) electrons. The third kappa shape index (κ3) is 4.03. The lowest BCUT2D eigenvalue weighted by atomic mass is 9.72. The SMILES string of the molecule is C=CCCC(C)(C1=CC([Si](C)(C)C)C=C1)C1=CC([Si](C)(C)C)C=C1. The van der Waals surface area contributed by atoms with Crippen LogP contribution in [0.3, 0.4) is 0 Å². The van der Waals surface area contributed by atoms with Crippen molar-refractivity contribution in [1.82, 2.24) is 0 Å². The van der Waals surface area contributed by atoms with Crippen molar-refractivity contribution in [2.45, 2.75) is 70.1 Å². The van der Waals surface area contributed by atoms with Gasteiger partial charge in [0.2, 0.25) is 0 Å². The van der Waals surface area contributed by atoms with Crippen molar-refractivity contribution >= 4 is 16.1 Å². The summed E-state index contributed by atoms with van der Waals surface area (Å²) in [4.78, 5) is 0. The maximum Gasteiger partial charge on any atom is 0.0558 e. The highest BCUT2D eigenvalue weighted by atomic mass is 28.3. The van der Waals surface area contributed by atoms with E-state index in [0.717, 1.165) is 12.8 Å². The molecule has 2 aliphatic carbocycles. The summed E-state index contributed by atoms with van der Waals surface area (Å²) in [6.07, 6.45) is 19.2. The smallest absolute Gasteiger partial charge is 0.0558 e. The molecule has 0 fully saturated rings. The Morgan fingerprint density at radius 2 is 1.33 bits per heavy atom. The van der Waals surface area contributed by atoms with E-state index in [1.54, 1.807) is 0 Å². The largest absolute Gasteiger partial charge is 0.103 e. The molecule has 2 heteroatoms. The topological polar surface area (TPSA) is 0 Å². The molecule has 0 aromatic rings. The van der Waals surface area contributed by atoms with E-state index in [4.69, 9.17) is 0 Å². The Bertz CT molecular complexity index is 557. The first kappa shape index (κ1) is 19.5. The van der Waals surface area contributed by atoms with Crippen LogP contribution >= 0.6 is 0 Å². The second-order valence-corrected chi connectivity index (χ2v) is 20.7. The fourth-order valence-electron chi connectivity index (χ4n) is 3.68. The van der Waals surface area contributed by atoms with Gasteiger partial charge in [0, 0.05) is 5.41 Å².